The summed E-state index contributed by atoms with van der Waals surface area (Å²) in [4.78, 5) is 17.8. The number of fused-ring (bicyclic) bond motifs is 1. The van der Waals surface area contributed by atoms with E-state index in [0.717, 1.165) is 26.7 Å². The zero-order valence-corrected chi connectivity index (χ0v) is 19.8. The summed E-state index contributed by atoms with van der Waals surface area (Å²) in [5.74, 6) is -0.0785. The van der Waals surface area contributed by atoms with E-state index < -0.39 is 10.0 Å². The van der Waals surface area contributed by atoms with Crippen LogP contribution in [-0.4, -0.2) is 37.6 Å². The van der Waals surface area contributed by atoms with E-state index in [2.05, 4.69) is 0 Å². The molecule has 2 aliphatic heterocycles. The Morgan fingerprint density at radius 1 is 1.16 bits per heavy atom. The van der Waals surface area contributed by atoms with Crippen molar-refractivity contribution in [1.82, 2.24) is 5.01 Å². The van der Waals surface area contributed by atoms with Gasteiger partial charge in [-0.05, 0) is 60.0 Å². The molecule has 0 unspecified atom stereocenters. The molecule has 2 aliphatic rings. The van der Waals surface area contributed by atoms with E-state index in [-0.39, 0.29) is 29.4 Å². The second kappa shape index (κ2) is 8.11. The summed E-state index contributed by atoms with van der Waals surface area (Å²) in [6.45, 7) is 2.21. The molecule has 5 rings (SSSR count). The number of primary sulfonamides is 1. The molecule has 10 heteroatoms. The van der Waals surface area contributed by atoms with Gasteiger partial charge in [-0.2, -0.15) is 5.10 Å². The van der Waals surface area contributed by atoms with Crippen LogP contribution >= 0.6 is 22.7 Å². The van der Waals surface area contributed by atoms with E-state index in [0.29, 0.717) is 12.8 Å². The zero-order chi connectivity index (χ0) is 22.5. The molecule has 2 atom stereocenters. The first-order valence-electron chi connectivity index (χ1n) is 10.2. The fourth-order valence-electron chi connectivity index (χ4n) is 4.34. The molecule has 0 aliphatic carbocycles. The van der Waals surface area contributed by atoms with Gasteiger partial charge >= 0.3 is 0 Å². The number of hydrogen-bond acceptors (Lipinski definition) is 7. The van der Waals surface area contributed by atoms with Gasteiger partial charge in [0.05, 0.1) is 28.1 Å². The normalized spacial score (nSPS) is 20.5. The molecule has 166 valence electrons. The van der Waals surface area contributed by atoms with Crippen LogP contribution in [0, 0.1) is 0 Å². The molecule has 0 saturated carbocycles. The standard InChI is InChI=1S/C22H22N4O3S3/c1-14-10-15-11-16(32(23,28)29)6-7-18(15)25(14)13-22(27)26-19(21-5-3-9-31-21)12-17(24-26)20-4-2-8-30-20/h2-9,11,14,19H,10,12-13H2,1H3,(H2,23,28,29)/t14-,19-/m0/s1. The highest BCUT2D eigenvalue weighted by Gasteiger charge is 2.36. The van der Waals surface area contributed by atoms with E-state index in [1.807, 2.05) is 46.8 Å². The number of amides is 1. The van der Waals surface area contributed by atoms with Gasteiger partial charge < -0.3 is 4.90 Å². The number of sulfonamides is 1. The predicted molar refractivity (Wildman–Crippen MR) is 128 cm³/mol. The van der Waals surface area contributed by atoms with Crippen LogP contribution in [0.25, 0.3) is 0 Å². The maximum absolute atomic E-state index is 13.5. The van der Waals surface area contributed by atoms with Crippen LogP contribution in [-0.2, 0) is 21.2 Å². The minimum atomic E-state index is -3.76. The fourth-order valence-corrected chi connectivity index (χ4v) is 6.44. The Labute approximate surface area is 194 Å². The summed E-state index contributed by atoms with van der Waals surface area (Å²) in [6, 6.07) is 12.9. The molecular formula is C22H22N4O3S3. The van der Waals surface area contributed by atoms with E-state index >= 15 is 0 Å². The molecule has 0 fully saturated rings. The largest absolute Gasteiger partial charge is 0.359 e. The third-order valence-corrected chi connectivity index (χ3v) is 8.69. The third-order valence-electron chi connectivity index (χ3n) is 5.89. The quantitative estimate of drug-likeness (QED) is 0.596. The molecule has 4 heterocycles. The first-order valence-corrected chi connectivity index (χ1v) is 13.5. The lowest BCUT2D eigenvalue weighted by Gasteiger charge is -2.28. The van der Waals surface area contributed by atoms with Crippen LogP contribution in [0.1, 0.15) is 34.7 Å². The van der Waals surface area contributed by atoms with Crippen molar-refractivity contribution in [1.29, 1.82) is 0 Å². The number of hydrazone groups is 1. The Balaban J connectivity index is 1.42. The summed E-state index contributed by atoms with van der Waals surface area (Å²) in [6.07, 6.45) is 1.35. The van der Waals surface area contributed by atoms with Crippen molar-refractivity contribution in [2.75, 3.05) is 11.4 Å². The van der Waals surface area contributed by atoms with Gasteiger partial charge in [0.1, 0.15) is 0 Å². The maximum Gasteiger partial charge on any atom is 0.262 e. The number of nitrogens with zero attached hydrogens (tertiary/aromatic N) is 3. The fraction of sp³-hybridized carbons (Fsp3) is 0.273. The van der Waals surface area contributed by atoms with Crippen molar-refractivity contribution in [2.24, 2.45) is 10.2 Å². The van der Waals surface area contributed by atoms with Gasteiger partial charge in [-0.15, -0.1) is 22.7 Å². The van der Waals surface area contributed by atoms with Gasteiger partial charge in [-0.25, -0.2) is 18.6 Å². The predicted octanol–water partition coefficient (Wildman–Crippen LogP) is 3.59. The van der Waals surface area contributed by atoms with Crippen LogP contribution in [0.2, 0.25) is 0 Å². The van der Waals surface area contributed by atoms with E-state index in [9.17, 15) is 13.2 Å². The Hall–Kier alpha value is -2.53. The summed E-state index contributed by atoms with van der Waals surface area (Å²) in [7, 11) is -3.76. The van der Waals surface area contributed by atoms with Gasteiger partial charge in [0, 0.05) is 23.0 Å². The number of nitrogens with two attached hydrogens (primary N) is 1. The molecule has 1 amide bonds. The van der Waals surface area contributed by atoms with Gasteiger partial charge in [0.25, 0.3) is 5.91 Å². The molecule has 0 bridgehead atoms. The van der Waals surface area contributed by atoms with Crippen molar-refractivity contribution in [2.45, 2.75) is 36.7 Å². The van der Waals surface area contributed by atoms with Crippen LogP contribution in [0.15, 0.2) is 63.2 Å². The average Bonchev–Trinajstić information content (AvgIpc) is 3.53. The minimum absolute atomic E-state index is 0.0632. The Morgan fingerprint density at radius 3 is 2.62 bits per heavy atom. The van der Waals surface area contributed by atoms with Gasteiger partial charge in [-0.3, -0.25) is 4.79 Å². The zero-order valence-electron chi connectivity index (χ0n) is 17.3. The average molecular weight is 487 g/mol. The molecule has 7 nitrogen and oxygen atoms in total. The topological polar surface area (TPSA) is 96.1 Å². The van der Waals surface area contributed by atoms with Crippen LogP contribution in [0.5, 0.6) is 0 Å². The molecular weight excluding hydrogens is 464 g/mol. The number of rotatable bonds is 5. The second-order valence-electron chi connectivity index (χ2n) is 8.01. The molecule has 2 aromatic heterocycles. The van der Waals surface area contributed by atoms with Crippen molar-refractivity contribution < 1.29 is 13.2 Å². The first kappa shape index (κ1) is 21.3. The van der Waals surface area contributed by atoms with Gasteiger partial charge in [0.15, 0.2) is 0 Å². The van der Waals surface area contributed by atoms with Crippen LogP contribution in [0.4, 0.5) is 5.69 Å². The Kier molecular flexibility index (Phi) is 5.40. The monoisotopic (exact) mass is 486 g/mol. The number of carbonyl (C=O) groups excluding carboxylic acids is 1. The van der Waals surface area contributed by atoms with E-state index in [4.69, 9.17) is 10.2 Å². The number of anilines is 1. The Morgan fingerprint density at radius 2 is 1.94 bits per heavy atom. The molecule has 0 spiro atoms. The van der Waals surface area contributed by atoms with Gasteiger partial charge in [-0.1, -0.05) is 12.1 Å². The van der Waals surface area contributed by atoms with Crippen molar-refractivity contribution in [3.05, 3.63) is 68.5 Å². The van der Waals surface area contributed by atoms with Crippen molar-refractivity contribution in [3.8, 4) is 0 Å². The molecule has 32 heavy (non-hydrogen) atoms. The highest BCUT2D eigenvalue weighted by Crippen LogP contribution is 2.38. The number of benzene rings is 1. The molecule has 2 N–H and O–H groups in total. The number of carbonyl (C=O) groups is 1. The lowest BCUT2D eigenvalue weighted by atomic mass is 10.1. The minimum Gasteiger partial charge on any atom is -0.359 e. The van der Waals surface area contributed by atoms with Crippen molar-refractivity contribution in [3.63, 3.8) is 0 Å². The molecule has 0 radical (unpaired) electrons. The van der Waals surface area contributed by atoms with E-state index in [1.165, 1.54) is 6.07 Å². The first-order chi connectivity index (χ1) is 15.3. The maximum atomic E-state index is 13.5. The number of thiophene rings is 2. The molecule has 3 aromatic rings. The van der Waals surface area contributed by atoms with E-state index in [1.54, 1.807) is 39.8 Å². The lowest BCUT2D eigenvalue weighted by Crippen LogP contribution is -2.40. The summed E-state index contributed by atoms with van der Waals surface area (Å²) < 4.78 is 23.4. The lowest BCUT2D eigenvalue weighted by molar-refractivity contribution is -0.131. The van der Waals surface area contributed by atoms with Crippen LogP contribution < -0.4 is 10.0 Å². The number of hydrogen-bond donors (Lipinski definition) is 1. The smallest absolute Gasteiger partial charge is 0.262 e. The summed E-state index contributed by atoms with van der Waals surface area (Å²) in [5, 5.41) is 15.7. The Bertz CT molecular complexity index is 1280. The highest BCUT2D eigenvalue weighted by molar-refractivity contribution is 7.89. The third kappa shape index (κ3) is 3.88. The van der Waals surface area contributed by atoms with Crippen molar-refractivity contribution >= 4 is 50.0 Å². The SMILES string of the molecule is C[C@H]1Cc2cc(S(N)(=O)=O)ccc2N1CC(=O)N1N=C(c2cccs2)C[C@H]1c1cccs1. The molecule has 0 saturated heterocycles. The molecule has 1 aromatic carbocycles. The van der Waals surface area contributed by atoms with Gasteiger partial charge in [0.2, 0.25) is 10.0 Å². The summed E-state index contributed by atoms with van der Waals surface area (Å²) in [5.41, 5.74) is 2.68. The van der Waals surface area contributed by atoms with Crippen LogP contribution in [0.3, 0.4) is 0 Å². The highest BCUT2D eigenvalue weighted by atomic mass is 32.2. The summed E-state index contributed by atoms with van der Waals surface area (Å²) >= 11 is 3.26. The second-order valence-corrected chi connectivity index (χ2v) is 11.5.